The summed E-state index contributed by atoms with van der Waals surface area (Å²) in [5, 5.41) is 21.3. The van der Waals surface area contributed by atoms with E-state index in [4.69, 9.17) is 23.2 Å². The van der Waals surface area contributed by atoms with E-state index in [1.165, 1.54) is 12.1 Å². The molecule has 0 spiro atoms. The minimum atomic E-state index is -1.19. The Morgan fingerprint density at radius 1 is 1.09 bits per heavy atom. The second-order valence-corrected chi connectivity index (χ2v) is 8.41. The van der Waals surface area contributed by atoms with Gasteiger partial charge in [0.1, 0.15) is 6.04 Å². The van der Waals surface area contributed by atoms with E-state index in [0.29, 0.717) is 30.6 Å². The van der Waals surface area contributed by atoms with Crippen molar-refractivity contribution in [3.05, 3.63) is 63.6 Å². The molecule has 0 radical (unpaired) electrons. The highest BCUT2D eigenvalue weighted by Gasteiger charge is 2.23. The van der Waals surface area contributed by atoms with E-state index in [1.54, 1.807) is 30.3 Å². The highest BCUT2D eigenvalue weighted by Crippen LogP contribution is 2.24. The maximum absolute atomic E-state index is 12.5. The smallest absolute Gasteiger partial charge is 0.326 e. The number of amides is 2. The lowest BCUT2D eigenvalue weighted by Crippen LogP contribution is -2.42. The Morgan fingerprint density at radius 2 is 1.79 bits per heavy atom. The van der Waals surface area contributed by atoms with Crippen molar-refractivity contribution in [3.63, 3.8) is 0 Å². The van der Waals surface area contributed by atoms with Crippen molar-refractivity contribution in [2.45, 2.75) is 25.3 Å². The van der Waals surface area contributed by atoms with Crippen LogP contribution in [0.4, 0.5) is 5.69 Å². The molecule has 5 N–H and O–H groups in total. The van der Waals surface area contributed by atoms with Crippen molar-refractivity contribution in [1.82, 2.24) is 16.0 Å². The van der Waals surface area contributed by atoms with Gasteiger partial charge in [-0.2, -0.15) is 0 Å². The van der Waals surface area contributed by atoms with Gasteiger partial charge in [-0.05, 0) is 36.2 Å². The van der Waals surface area contributed by atoms with Gasteiger partial charge in [0.25, 0.3) is 5.91 Å². The SMILES string of the molecule is O=C(CCCNC1=NCCN1)Nc1ccc(C[C@H](NC(=O)c2c(Cl)cccc2Cl)C(=O)O)cc1. The highest BCUT2D eigenvalue weighted by atomic mass is 35.5. The molecule has 1 heterocycles. The van der Waals surface area contributed by atoms with Gasteiger partial charge in [0.15, 0.2) is 5.96 Å². The van der Waals surface area contributed by atoms with Crippen LogP contribution in [0.2, 0.25) is 10.0 Å². The Hall–Kier alpha value is -3.30. The summed E-state index contributed by atoms with van der Waals surface area (Å²) in [7, 11) is 0. The Kier molecular flexibility index (Phi) is 9.12. The predicted molar refractivity (Wildman–Crippen MR) is 132 cm³/mol. The summed E-state index contributed by atoms with van der Waals surface area (Å²) >= 11 is 12.1. The molecule has 0 fully saturated rings. The van der Waals surface area contributed by atoms with Gasteiger partial charge >= 0.3 is 5.97 Å². The van der Waals surface area contributed by atoms with E-state index in [0.717, 1.165) is 19.0 Å². The Morgan fingerprint density at radius 3 is 2.41 bits per heavy atom. The lowest BCUT2D eigenvalue weighted by atomic mass is 10.0. The van der Waals surface area contributed by atoms with Crippen molar-refractivity contribution < 1.29 is 19.5 Å². The molecule has 0 saturated carbocycles. The summed E-state index contributed by atoms with van der Waals surface area (Å²) in [6.07, 6.45) is 1.04. The molecular formula is C23H25Cl2N5O4. The van der Waals surface area contributed by atoms with Crippen LogP contribution in [-0.2, 0) is 16.0 Å². The maximum atomic E-state index is 12.5. The summed E-state index contributed by atoms with van der Waals surface area (Å²) in [5.74, 6) is -1.22. The fraction of sp³-hybridized carbons (Fsp3) is 0.304. The number of aliphatic imine (C=N–C) groups is 1. The number of carboxylic acid groups (broad SMARTS) is 1. The maximum Gasteiger partial charge on any atom is 0.326 e. The number of guanidine groups is 1. The number of aliphatic carboxylic acids is 1. The zero-order valence-electron chi connectivity index (χ0n) is 18.2. The first-order chi connectivity index (χ1) is 16.3. The van der Waals surface area contributed by atoms with E-state index in [2.05, 4.69) is 26.3 Å². The molecule has 2 amide bonds. The Balaban J connectivity index is 1.49. The molecular weight excluding hydrogens is 481 g/mol. The average molecular weight is 506 g/mol. The third-order valence-electron chi connectivity index (χ3n) is 5.02. The molecule has 2 aromatic rings. The molecule has 9 nitrogen and oxygen atoms in total. The normalized spacial score (nSPS) is 13.4. The second kappa shape index (κ2) is 12.2. The van der Waals surface area contributed by atoms with Crippen molar-refractivity contribution >= 4 is 52.6 Å². The van der Waals surface area contributed by atoms with Crippen molar-refractivity contribution in [3.8, 4) is 0 Å². The number of carbonyl (C=O) groups is 3. The summed E-state index contributed by atoms with van der Waals surface area (Å²) in [6.45, 7) is 2.22. The summed E-state index contributed by atoms with van der Waals surface area (Å²) in [6, 6.07) is 10.2. The van der Waals surface area contributed by atoms with Gasteiger partial charge in [0.05, 0.1) is 22.2 Å². The fourth-order valence-corrected chi connectivity index (χ4v) is 3.87. The summed E-state index contributed by atoms with van der Waals surface area (Å²) in [4.78, 5) is 40.6. The number of halogens is 2. The number of anilines is 1. The monoisotopic (exact) mass is 505 g/mol. The van der Waals surface area contributed by atoms with Crippen molar-refractivity contribution in [2.24, 2.45) is 4.99 Å². The molecule has 1 aliphatic heterocycles. The summed E-state index contributed by atoms with van der Waals surface area (Å²) in [5.41, 5.74) is 1.30. The Labute approximate surface area is 206 Å². The van der Waals surface area contributed by atoms with Gasteiger partial charge < -0.3 is 26.4 Å². The van der Waals surface area contributed by atoms with E-state index in [-0.39, 0.29) is 27.9 Å². The first-order valence-corrected chi connectivity index (χ1v) is 11.5. The molecule has 0 bridgehead atoms. The van der Waals surface area contributed by atoms with Crippen LogP contribution in [0.1, 0.15) is 28.8 Å². The highest BCUT2D eigenvalue weighted by molar-refractivity contribution is 6.39. The number of nitrogens with zero attached hydrogens (tertiary/aromatic N) is 1. The first-order valence-electron chi connectivity index (χ1n) is 10.7. The zero-order valence-corrected chi connectivity index (χ0v) is 19.7. The molecule has 11 heteroatoms. The number of hydrogen-bond donors (Lipinski definition) is 5. The van der Waals surface area contributed by atoms with Crippen LogP contribution in [0.5, 0.6) is 0 Å². The van der Waals surface area contributed by atoms with Gasteiger partial charge in [-0.3, -0.25) is 14.6 Å². The van der Waals surface area contributed by atoms with Crippen molar-refractivity contribution in [1.29, 1.82) is 0 Å². The first kappa shape index (κ1) is 25.3. The Bertz CT molecular complexity index is 1060. The lowest BCUT2D eigenvalue weighted by Gasteiger charge is -2.16. The van der Waals surface area contributed by atoms with Gasteiger partial charge in [0, 0.05) is 31.6 Å². The molecule has 3 rings (SSSR count). The summed E-state index contributed by atoms with van der Waals surface area (Å²) < 4.78 is 0. The molecule has 1 atom stereocenters. The lowest BCUT2D eigenvalue weighted by molar-refractivity contribution is -0.139. The molecule has 1 aliphatic rings. The number of nitrogens with one attached hydrogen (secondary N) is 4. The third kappa shape index (κ3) is 7.36. The molecule has 0 aliphatic carbocycles. The van der Waals surface area contributed by atoms with E-state index < -0.39 is 17.9 Å². The number of carbonyl (C=O) groups excluding carboxylic acids is 2. The standard InChI is InChI=1S/C23H25Cl2N5O4/c24-16-3-1-4-17(25)20(16)21(32)30-18(22(33)34)13-14-6-8-15(9-7-14)29-19(31)5-2-10-26-23-27-11-12-28-23/h1,3-4,6-9,18H,2,5,10-13H2,(H,29,31)(H,30,32)(H,33,34)(H2,26,27,28)/t18-/m0/s1. The van der Waals surface area contributed by atoms with Crippen LogP contribution in [0.25, 0.3) is 0 Å². The molecule has 34 heavy (non-hydrogen) atoms. The van der Waals surface area contributed by atoms with Crippen LogP contribution in [0, 0.1) is 0 Å². The number of benzene rings is 2. The van der Waals surface area contributed by atoms with Crippen LogP contribution in [0.3, 0.4) is 0 Å². The van der Waals surface area contributed by atoms with E-state index in [1.807, 2.05) is 0 Å². The van der Waals surface area contributed by atoms with E-state index >= 15 is 0 Å². The van der Waals surface area contributed by atoms with Gasteiger partial charge in [-0.15, -0.1) is 0 Å². The quantitative estimate of drug-likeness (QED) is 0.315. The molecule has 0 unspecified atom stereocenters. The van der Waals surface area contributed by atoms with E-state index in [9.17, 15) is 19.5 Å². The molecule has 0 aromatic heterocycles. The second-order valence-electron chi connectivity index (χ2n) is 7.60. The van der Waals surface area contributed by atoms with Crippen LogP contribution in [-0.4, -0.2) is 54.5 Å². The minimum absolute atomic E-state index is 0.0258. The van der Waals surface area contributed by atoms with Gasteiger partial charge in [-0.25, -0.2) is 4.79 Å². The van der Waals surface area contributed by atoms with Crippen LogP contribution in [0.15, 0.2) is 47.5 Å². The minimum Gasteiger partial charge on any atom is -0.480 e. The van der Waals surface area contributed by atoms with Gasteiger partial charge in [-0.1, -0.05) is 41.4 Å². The van der Waals surface area contributed by atoms with Crippen molar-refractivity contribution in [2.75, 3.05) is 25.0 Å². The van der Waals surface area contributed by atoms with Crippen LogP contribution >= 0.6 is 23.2 Å². The third-order valence-corrected chi connectivity index (χ3v) is 5.65. The number of hydrogen-bond acceptors (Lipinski definition) is 6. The topological polar surface area (TPSA) is 132 Å². The van der Waals surface area contributed by atoms with Crippen LogP contribution < -0.4 is 21.3 Å². The average Bonchev–Trinajstić information content (AvgIpc) is 3.31. The fourth-order valence-electron chi connectivity index (χ4n) is 3.30. The number of carboxylic acids is 1. The molecule has 2 aromatic carbocycles. The van der Waals surface area contributed by atoms with Gasteiger partial charge in [0.2, 0.25) is 5.91 Å². The molecule has 180 valence electrons. The molecule has 0 saturated heterocycles. The number of rotatable bonds is 10. The predicted octanol–water partition coefficient (Wildman–Crippen LogP) is 2.69. The zero-order chi connectivity index (χ0) is 24.5. The largest absolute Gasteiger partial charge is 0.480 e.